The molecule has 3 nitrogen and oxygen atoms in total. The van der Waals surface area contributed by atoms with E-state index < -0.39 is 0 Å². The first-order valence-corrected chi connectivity index (χ1v) is 6.20. The highest BCUT2D eigenvalue weighted by atomic mass is 32.2. The van der Waals surface area contributed by atoms with Crippen LogP contribution in [-0.4, -0.2) is 9.97 Å². The zero-order chi connectivity index (χ0) is 9.54. The standard InChI is InChI=1S/C10H13N3S/c11-3-8-7-4-14-5-9(7)13-10(12-8)6-1-2-6/h6H,1-5,11H2. The van der Waals surface area contributed by atoms with E-state index in [0.717, 1.165) is 23.0 Å². The van der Waals surface area contributed by atoms with Gasteiger partial charge in [0.15, 0.2) is 0 Å². The summed E-state index contributed by atoms with van der Waals surface area (Å²) in [4.78, 5) is 9.21. The highest BCUT2D eigenvalue weighted by Gasteiger charge is 2.29. The topological polar surface area (TPSA) is 51.8 Å². The van der Waals surface area contributed by atoms with Crippen LogP contribution in [0.2, 0.25) is 0 Å². The molecule has 0 atom stereocenters. The maximum Gasteiger partial charge on any atom is 0.132 e. The van der Waals surface area contributed by atoms with Gasteiger partial charge in [-0.2, -0.15) is 11.8 Å². The van der Waals surface area contributed by atoms with Gasteiger partial charge in [0.25, 0.3) is 0 Å². The highest BCUT2D eigenvalue weighted by Crippen LogP contribution is 2.40. The Labute approximate surface area is 87.5 Å². The molecule has 4 heteroatoms. The average molecular weight is 207 g/mol. The molecular weight excluding hydrogens is 194 g/mol. The van der Waals surface area contributed by atoms with Crippen LogP contribution >= 0.6 is 11.8 Å². The summed E-state index contributed by atoms with van der Waals surface area (Å²) in [5.41, 5.74) is 9.35. The van der Waals surface area contributed by atoms with Gasteiger partial charge < -0.3 is 5.73 Å². The van der Waals surface area contributed by atoms with Crippen LogP contribution in [0.4, 0.5) is 0 Å². The van der Waals surface area contributed by atoms with Gasteiger partial charge in [-0.3, -0.25) is 0 Å². The molecule has 74 valence electrons. The minimum Gasteiger partial charge on any atom is -0.325 e. The number of nitrogens with two attached hydrogens (primary N) is 1. The van der Waals surface area contributed by atoms with Crippen LogP contribution in [0, 0.1) is 0 Å². The molecule has 0 spiro atoms. The fourth-order valence-corrected chi connectivity index (χ4v) is 2.90. The first-order chi connectivity index (χ1) is 6.88. The van der Waals surface area contributed by atoms with E-state index >= 15 is 0 Å². The molecule has 0 radical (unpaired) electrons. The van der Waals surface area contributed by atoms with Crippen molar-refractivity contribution in [2.24, 2.45) is 5.73 Å². The van der Waals surface area contributed by atoms with Crippen molar-refractivity contribution in [3.05, 3.63) is 22.8 Å². The summed E-state index contributed by atoms with van der Waals surface area (Å²) in [7, 11) is 0. The van der Waals surface area contributed by atoms with Crippen LogP contribution in [0.15, 0.2) is 0 Å². The summed E-state index contributed by atoms with van der Waals surface area (Å²) in [6.07, 6.45) is 2.52. The lowest BCUT2D eigenvalue weighted by molar-refractivity contribution is 0.835. The minimum absolute atomic E-state index is 0.561. The molecule has 14 heavy (non-hydrogen) atoms. The molecule has 0 unspecified atom stereocenters. The van der Waals surface area contributed by atoms with Crippen molar-refractivity contribution < 1.29 is 0 Å². The Morgan fingerprint density at radius 1 is 1.29 bits per heavy atom. The van der Waals surface area contributed by atoms with E-state index in [1.54, 1.807) is 0 Å². The molecule has 0 bridgehead atoms. The van der Waals surface area contributed by atoms with Gasteiger partial charge in [0.1, 0.15) is 5.82 Å². The van der Waals surface area contributed by atoms with Crippen LogP contribution in [0.5, 0.6) is 0 Å². The molecule has 2 N–H and O–H groups in total. The summed E-state index contributed by atoms with van der Waals surface area (Å²) in [5.74, 6) is 3.78. The summed E-state index contributed by atoms with van der Waals surface area (Å²) >= 11 is 1.92. The third-order valence-corrected chi connectivity index (χ3v) is 3.79. The Morgan fingerprint density at radius 3 is 2.86 bits per heavy atom. The first-order valence-electron chi connectivity index (χ1n) is 5.05. The monoisotopic (exact) mass is 207 g/mol. The number of hydrogen-bond donors (Lipinski definition) is 1. The van der Waals surface area contributed by atoms with Crippen LogP contribution in [-0.2, 0) is 18.1 Å². The second kappa shape index (κ2) is 3.21. The molecule has 3 rings (SSSR count). The zero-order valence-corrected chi connectivity index (χ0v) is 8.81. The molecule has 1 aromatic rings. The van der Waals surface area contributed by atoms with Crippen molar-refractivity contribution >= 4 is 11.8 Å². The second-order valence-corrected chi connectivity index (χ2v) is 4.91. The van der Waals surface area contributed by atoms with E-state index in [2.05, 4.69) is 9.97 Å². The lowest BCUT2D eigenvalue weighted by atomic mass is 10.2. The quantitative estimate of drug-likeness (QED) is 0.799. The van der Waals surface area contributed by atoms with Crippen LogP contribution in [0.1, 0.15) is 41.5 Å². The average Bonchev–Trinajstić information content (AvgIpc) is 2.95. The third kappa shape index (κ3) is 1.33. The lowest BCUT2D eigenvalue weighted by Crippen LogP contribution is -2.09. The number of fused-ring (bicyclic) bond motifs is 1. The molecule has 1 aliphatic carbocycles. The summed E-state index contributed by atoms with van der Waals surface area (Å²) in [6.45, 7) is 0.561. The summed E-state index contributed by atoms with van der Waals surface area (Å²) < 4.78 is 0. The molecule has 1 aromatic heterocycles. The molecule has 1 aliphatic heterocycles. The normalized spacial score (nSPS) is 19.8. The van der Waals surface area contributed by atoms with Gasteiger partial charge in [-0.1, -0.05) is 0 Å². The Bertz CT molecular complexity index is 374. The zero-order valence-electron chi connectivity index (χ0n) is 7.99. The van der Waals surface area contributed by atoms with Gasteiger partial charge in [-0.15, -0.1) is 0 Å². The Hall–Kier alpha value is -0.610. The van der Waals surface area contributed by atoms with Crippen molar-refractivity contribution in [3.8, 4) is 0 Å². The van der Waals surface area contributed by atoms with Crippen molar-refractivity contribution in [2.75, 3.05) is 0 Å². The fourth-order valence-electron chi connectivity index (χ4n) is 1.83. The van der Waals surface area contributed by atoms with Crippen LogP contribution < -0.4 is 5.73 Å². The molecular formula is C10H13N3S. The van der Waals surface area contributed by atoms with Gasteiger partial charge in [0.2, 0.25) is 0 Å². The largest absolute Gasteiger partial charge is 0.325 e. The predicted molar refractivity (Wildman–Crippen MR) is 56.9 cm³/mol. The van der Waals surface area contributed by atoms with E-state index in [9.17, 15) is 0 Å². The number of aromatic nitrogens is 2. The van der Waals surface area contributed by atoms with Gasteiger partial charge >= 0.3 is 0 Å². The number of rotatable bonds is 2. The highest BCUT2D eigenvalue weighted by molar-refractivity contribution is 7.98. The van der Waals surface area contributed by atoms with Crippen LogP contribution in [0.25, 0.3) is 0 Å². The second-order valence-electron chi connectivity index (χ2n) is 3.92. The number of nitrogens with zero attached hydrogens (tertiary/aromatic N) is 2. The van der Waals surface area contributed by atoms with E-state index in [1.807, 2.05) is 11.8 Å². The maximum atomic E-state index is 5.71. The van der Waals surface area contributed by atoms with E-state index in [1.165, 1.54) is 24.1 Å². The molecule has 0 aromatic carbocycles. The van der Waals surface area contributed by atoms with Gasteiger partial charge in [-0.05, 0) is 12.8 Å². The van der Waals surface area contributed by atoms with Crippen molar-refractivity contribution in [2.45, 2.75) is 36.8 Å². The van der Waals surface area contributed by atoms with E-state index in [-0.39, 0.29) is 0 Å². The van der Waals surface area contributed by atoms with Crippen molar-refractivity contribution in [1.29, 1.82) is 0 Å². The molecule has 2 heterocycles. The minimum atomic E-state index is 0.561. The Kier molecular flexibility index (Phi) is 1.99. The van der Waals surface area contributed by atoms with Gasteiger partial charge in [0, 0.05) is 29.5 Å². The van der Waals surface area contributed by atoms with E-state index in [0.29, 0.717) is 12.5 Å². The maximum absolute atomic E-state index is 5.71. The van der Waals surface area contributed by atoms with Crippen molar-refractivity contribution in [1.82, 2.24) is 9.97 Å². The summed E-state index contributed by atoms with van der Waals surface area (Å²) in [5, 5.41) is 0. The summed E-state index contributed by atoms with van der Waals surface area (Å²) in [6, 6.07) is 0. The Balaban J connectivity index is 2.08. The molecule has 1 fully saturated rings. The SMILES string of the molecule is NCc1nc(C2CC2)nc2c1CSC2. The molecule has 1 saturated carbocycles. The predicted octanol–water partition coefficient (Wildman–Crippen LogP) is 1.56. The molecule has 0 saturated heterocycles. The van der Waals surface area contributed by atoms with Gasteiger partial charge in [-0.25, -0.2) is 9.97 Å². The number of thioether (sulfide) groups is 1. The van der Waals surface area contributed by atoms with Gasteiger partial charge in [0.05, 0.1) is 11.4 Å². The number of hydrogen-bond acceptors (Lipinski definition) is 4. The smallest absolute Gasteiger partial charge is 0.132 e. The van der Waals surface area contributed by atoms with E-state index in [4.69, 9.17) is 5.73 Å². The third-order valence-electron chi connectivity index (χ3n) is 2.82. The first kappa shape index (κ1) is 8.68. The molecule has 2 aliphatic rings. The fraction of sp³-hybridized carbons (Fsp3) is 0.600. The van der Waals surface area contributed by atoms with Crippen molar-refractivity contribution in [3.63, 3.8) is 0 Å². The Morgan fingerprint density at radius 2 is 2.14 bits per heavy atom. The lowest BCUT2D eigenvalue weighted by Gasteiger charge is -2.06. The molecule has 0 amide bonds. The van der Waals surface area contributed by atoms with Crippen LogP contribution in [0.3, 0.4) is 0 Å².